The molecule has 24 nitrogen and oxygen atoms in total. The number of carboxylic acid groups (broad SMARTS) is 1. The molecule has 4 aliphatic rings. The van der Waals surface area contributed by atoms with Gasteiger partial charge in [-0.1, -0.05) is 0 Å². The first-order chi connectivity index (χ1) is 24.5. The molecule has 0 aromatic rings. The summed E-state index contributed by atoms with van der Waals surface area (Å²) in [6.45, 7) is -1.27. The van der Waals surface area contributed by atoms with Crippen molar-refractivity contribution in [1.82, 2.24) is 5.32 Å². The van der Waals surface area contributed by atoms with Crippen molar-refractivity contribution >= 4 is 11.9 Å². The van der Waals surface area contributed by atoms with Crippen LogP contribution in [0.15, 0.2) is 0 Å². The predicted molar refractivity (Wildman–Crippen MR) is 165 cm³/mol. The smallest absolute Gasteiger partial charge is 0.335 e. The number of carbonyl (C=O) groups excluding carboxylic acids is 1. The highest BCUT2D eigenvalue weighted by Crippen LogP contribution is 2.36. The molecular weight excluding hydrogens is 710 g/mol. The van der Waals surface area contributed by atoms with Gasteiger partial charge in [0.15, 0.2) is 25.0 Å². The third kappa shape index (κ3) is 8.98. The number of aliphatic carboxylic acids is 1. The Bertz CT molecular complexity index is 1180. The van der Waals surface area contributed by atoms with Gasteiger partial charge in [0.05, 0.1) is 18.7 Å². The molecule has 24 heteroatoms. The molecular formula is C28H51N5O19. The third-order valence-electron chi connectivity index (χ3n) is 9.59. The minimum Gasteiger partial charge on any atom is -0.479 e. The predicted octanol–water partition coefficient (Wildman–Crippen LogP) is -10.5. The molecule has 3 saturated heterocycles. The summed E-state index contributed by atoms with van der Waals surface area (Å²) in [5.74, 6) is -2.76. The van der Waals surface area contributed by atoms with Crippen LogP contribution in [0, 0.1) is 0 Å². The monoisotopic (exact) mass is 761 g/mol. The first kappa shape index (κ1) is 42.9. The number of aliphatic hydroxyl groups excluding tert-OH is 10. The zero-order valence-corrected chi connectivity index (χ0v) is 27.7. The molecule has 1 aliphatic carbocycles. The fourth-order valence-electron chi connectivity index (χ4n) is 6.52. The second-order valence-corrected chi connectivity index (χ2v) is 13.2. The molecule has 5 unspecified atom stereocenters. The normalized spacial score (nSPS) is 47.8. The summed E-state index contributed by atoms with van der Waals surface area (Å²) in [4.78, 5) is 24.9. The number of aliphatic hydroxyl groups is 10. The molecule has 0 spiro atoms. The molecule has 0 aromatic heterocycles. The Morgan fingerprint density at radius 2 is 1.25 bits per heavy atom. The highest BCUT2D eigenvalue weighted by Gasteiger charge is 2.56. The summed E-state index contributed by atoms with van der Waals surface area (Å²) >= 11 is 0. The second kappa shape index (κ2) is 18.2. The molecule has 302 valence electrons. The fourth-order valence-corrected chi connectivity index (χ4v) is 6.52. The van der Waals surface area contributed by atoms with Crippen LogP contribution in [-0.4, -0.2) is 216 Å². The summed E-state index contributed by atoms with van der Waals surface area (Å²) in [6.07, 6.45) is -33.4. The largest absolute Gasteiger partial charge is 0.479 e. The standard InChI is InChI=1S/C28H51N5O19/c29-2-1-8(35)24(44)33-7-3-6(31)20(49-27-18(42)15(39)13(37)9(4-30)47-27)23(52-28-19(43)16(40)17(41)22(51-28)25(45)46)21(7)50-26-14(38)11(32)12(36)10(5-34)48-26/h6-23,26-28,34-43H,1-5,29-32H2,(H,33,44)(H,45,46)/t6-,7+,8-,9+,10+,11-,12+,13+,14+,15-,16?,17?,18+,19?,20+,21-,22?,23-,26+,27+,28?/m0/s1. The van der Waals surface area contributed by atoms with Crippen LogP contribution < -0.4 is 28.3 Å². The lowest BCUT2D eigenvalue weighted by molar-refractivity contribution is -0.362. The quantitative estimate of drug-likeness (QED) is 0.0828. The molecule has 21 atom stereocenters. The van der Waals surface area contributed by atoms with Crippen molar-refractivity contribution in [1.29, 1.82) is 0 Å². The number of hydrogen-bond donors (Lipinski definition) is 16. The summed E-state index contributed by atoms with van der Waals surface area (Å²) in [5, 5.41) is 117. The number of nitrogens with one attached hydrogen (secondary N) is 1. The van der Waals surface area contributed by atoms with Crippen LogP contribution in [0.5, 0.6) is 0 Å². The average molecular weight is 762 g/mol. The molecule has 0 aromatic carbocycles. The van der Waals surface area contributed by atoms with Crippen molar-refractivity contribution in [3.8, 4) is 0 Å². The van der Waals surface area contributed by atoms with Crippen LogP contribution >= 0.6 is 0 Å². The van der Waals surface area contributed by atoms with Gasteiger partial charge in [0.2, 0.25) is 5.91 Å². The van der Waals surface area contributed by atoms with Crippen LogP contribution in [0.3, 0.4) is 0 Å². The number of hydrogen-bond acceptors (Lipinski definition) is 22. The van der Waals surface area contributed by atoms with Gasteiger partial charge in [-0.05, 0) is 19.4 Å². The van der Waals surface area contributed by atoms with Crippen molar-refractivity contribution in [2.24, 2.45) is 22.9 Å². The highest BCUT2D eigenvalue weighted by molar-refractivity contribution is 5.80. The number of amides is 1. The Hall–Kier alpha value is -1.86. The maximum atomic E-state index is 13.1. The van der Waals surface area contributed by atoms with Gasteiger partial charge in [0, 0.05) is 12.6 Å². The molecule has 0 radical (unpaired) electrons. The highest BCUT2D eigenvalue weighted by atomic mass is 16.8. The first-order valence-corrected chi connectivity index (χ1v) is 16.6. The molecule has 4 rings (SSSR count). The van der Waals surface area contributed by atoms with E-state index in [2.05, 4.69) is 5.32 Å². The van der Waals surface area contributed by atoms with E-state index in [0.29, 0.717) is 0 Å². The number of carbonyl (C=O) groups is 2. The molecule has 3 heterocycles. The van der Waals surface area contributed by atoms with Crippen molar-refractivity contribution < 1.29 is 94.2 Å². The maximum Gasteiger partial charge on any atom is 0.335 e. The Morgan fingerprint density at radius 1 is 0.712 bits per heavy atom. The van der Waals surface area contributed by atoms with Crippen LogP contribution in [0.2, 0.25) is 0 Å². The van der Waals surface area contributed by atoms with Gasteiger partial charge < -0.3 is 113 Å². The van der Waals surface area contributed by atoms with Crippen molar-refractivity contribution in [3.05, 3.63) is 0 Å². The van der Waals surface area contributed by atoms with Crippen molar-refractivity contribution in [3.63, 3.8) is 0 Å². The van der Waals surface area contributed by atoms with Crippen LogP contribution in [0.4, 0.5) is 0 Å². The topological polar surface area (TPSA) is 428 Å². The van der Waals surface area contributed by atoms with Gasteiger partial charge in [-0.25, -0.2) is 4.79 Å². The number of carboxylic acids is 1. The third-order valence-corrected chi connectivity index (χ3v) is 9.59. The molecule has 3 aliphatic heterocycles. The van der Waals surface area contributed by atoms with E-state index >= 15 is 0 Å². The van der Waals surface area contributed by atoms with E-state index in [1.807, 2.05) is 0 Å². The van der Waals surface area contributed by atoms with Crippen LogP contribution in [0.1, 0.15) is 12.8 Å². The van der Waals surface area contributed by atoms with Gasteiger partial charge in [0.1, 0.15) is 85.5 Å². The second-order valence-electron chi connectivity index (χ2n) is 13.2. The van der Waals surface area contributed by atoms with Crippen molar-refractivity contribution in [2.75, 3.05) is 19.7 Å². The lowest BCUT2D eigenvalue weighted by Gasteiger charge is -2.51. The summed E-state index contributed by atoms with van der Waals surface area (Å²) in [7, 11) is 0. The van der Waals surface area contributed by atoms with E-state index in [1.165, 1.54) is 0 Å². The van der Waals surface area contributed by atoms with E-state index in [-0.39, 0.29) is 25.9 Å². The molecule has 4 fully saturated rings. The first-order valence-electron chi connectivity index (χ1n) is 16.6. The maximum absolute atomic E-state index is 13.1. The van der Waals surface area contributed by atoms with Gasteiger partial charge in [-0.3, -0.25) is 4.79 Å². The zero-order chi connectivity index (χ0) is 38.8. The van der Waals surface area contributed by atoms with E-state index in [4.69, 9.17) is 51.4 Å². The summed E-state index contributed by atoms with van der Waals surface area (Å²) < 4.78 is 34.6. The Labute approximate surface area is 295 Å². The summed E-state index contributed by atoms with van der Waals surface area (Å²) in [5.41, 5.74) is 23.6. The number of nitrogens with two attached hydrogens (primary N) is 4. The lowest BCUT2D eigenvalue weighted by Crippen LogP contribution is -2.71. The minimum absolute atomic E-state index is 0.102. The molecule has 0 bridgehead atoms. The molecule has 20 N–H and O–H groups in total. The van der Waals surface area contributed by atoms with E-state index < -0.39 is 147 Å². The zero-order valence-electron chi connectivity index (χ0n) is 27.7. The van der Waals surface area contributed by atoms with Crippen LogP contribution in [0.25, 0.3) is 0 Å². The van der Waals surface area contributed by atoms with Gasteiger partial charge in [-0.15, -0.1) is 0 Å². The van der Waals surface area contributed by atoms with Crippen LogP contribution in [-0.2, 0) is 38.0 Å². The fraction of sp³-hybridized carbons (Fsp3) is 0.929. The number of rotatable bonds is 13. The van der Waals surface area contributed by atoms with Gasteiger partial charge in [-0.2, -0.15) is 0 Å². The molecule has 52 heavy (non-hydrogen) atoms. The lowest BCUT2D eigenvalue weighted by atomic mass is 9.83. The molecule has 1 amide bonds. The van der Waals surface area contributed by atoms with E-state index in [0.717, 1.165) is 0 Å². The van der Waals surface area contributed by atoms with E-state index in [1.54, 1.807) is 0 Å². The number of ether oxygens (including phenoxy) is 6. The van der Waals surface area contributed by atoms with Gasteiger partial charge in [0.25, 0.3) is 0 Å². The minimum atomic E-state index is -2.17. The van der Waals surface area contributed by atoms with Crippen molar-refractivity contribution in [2.45, 2.75) is 141 Å². The Morgan fingerprint density at radius 3 is 1.83 bits per heavy atom. The summed E-state index contributed by atoms with van der Waals surface area (Å²) in [6, 6.07) is -4.15. The van der Waals surface area contributed by atoms with E-state index in [9.17, 15) is 65.8 Å². The molecule has 1 saturated carbocycles. The average Bonchev–Trinajstić information content (AvgIpc) is 3.10. The Balaban J connectivity index is 1.79. The Kier molecular flexibility index (Phi) is 15.0. The SMILES string of the molecule is NCC[C@H](O)C(=O)N[C@@H]1C[C@H](N)[C@@H](O[C@H]2O[C@H](CN)[C@@H](O)[C@H](O)[C@H]2O)[C@H](OC2OC(C(=O)O)C(O)C(O)C2O)[C@H]1O[C@H]1O[C@H](CO)[C@@H](O)[C@H](N)[C@H]1O. The van der Waals surface area contributed by atoms with Gasteiger partial charge >= 0.3 is 5.97 Å².